The van der Waals surface area contributed by atoms with Crippen molar-refractivity contribution in [2.24, 2.45) is 11.7 Å². The standard InChI is InChI=1S/C23H29NO2/c1-17-13-15-18(16-14-17)9-8-12-20(22(25)26-23(2,3)4)21(24)19-10-6-5-7-11-19/h5-8,10-16,20-21H,9,24H2,1-4H3. The van der Waals surface area contributed by atoms with E-state index >= 15 is 0 Å². The molecule has 0 aliphatic carbocycles. The van der Waals surface area contributed by atoms with Gasteiger partial charge in [0.25, 0.3) is 0 Å². The molecule has 2 unspecified atom stereocenters. The number of allylic oxidation sites excluding steroid dienone is 1. The van der Waals surface area contributed by atoms with Crippen LogP contribution in [0.2, 0.25) is 0 Å². The summed E-state index contributed by atoms with van der Waals surface area (Å²) in [4.78, 5) is 12.7. The number of benzene rings is 2. The minimum Gasteiger partial charge on any atom is -0.459 e. The van der Waals surface area contributed by atoms with Crippen LogP contribution in [0.15, 0.2) is 66.7 Å². The summed E-state index contributed by atoms with van der Waals surface area (Å²) in [6.07, 6.45) is 4.63. The molecule has 0 saturated heterocycles. The Morgan fingerprint density at radius 2 is 1.69 bits per heavy atom. The third-order valence-corrected chi connectivity index (χ3v) is 4.07. The summed E-state index contributed by atoms with van der Waals surface area (Å²) in [5.41, 5.74) is 9.21. The molecule has 0 aromatic heterocycles. The van der Waals surface area contributed by atoms with E-state index in [-0.39, 0.29) is 5.97 Å². The number of nitrogens with two attached hydrogens (primary N) is 1. The summed E-state index contributed by atoms with van der Waals surface area (Å²) < 4.78 is 5.59. The molecule has 0 radical (unpaired) electrons. The van der Waals surface area contributed by atoms with Crippen molar-refractivity contribution in [2.75, 3.05) is 0 Å². The number of ether oxygens (including phenoxy) is 1. The maximum Gasteiger partial charge on any atom is 0.315 e. The first-order valence-corrected chi connectivity index (χ1v) is 9.02. The molecule has 0 bridgehead atoms. The summed E-state index contributed by atoms with van der Waals surface area (Å²) in [6, 6.07) is 17.6. The zero-order valence-corrected chi connectivity index (χ0v) is 16.1. The Morgan fingerprint density at radius 3 is 2.27 bits per heavy atom. The fourth-order valence-corrected chi connectivity index (χ4v) is 2.67. The molecule has 0 amide bonds. The van der Waals surface area contributed by atoms with Gasteiger partial charge in [-0.3, -0.25) is 4.79 Å². The number of hydrogen-bond donors (Lipinski definition) is 1. The van der Waals surface area contributed by atoms with Crippen molar-refractivity contribution in [3.05, 3.63) is 83.4 Å². The topological polar surface area (TPSA) is 52.3 Å². The van der Waals surface area contributed by atoms with Crippen LogP contribution >= 0.6 is 0 Å². The molecule has 0 fully saturated rings. The number of carbonyl (C=O) groups is 1. The summed E-state index contributed by atoms with van der Waals surface area (Å²) in [5.74, 6) is -0.823. The van der Waals surface area contributed by atoms with E-state index in [1.54, 1.807) is 0 Å². The minimum atomic E-state index is -0.545. The molecule has 2 atom stereocenters. The molecule has 2 N–H and O–H groups in total. The zero-order valence-electron chi connectivity index (χ0n) is 16.1. The van der Waals surface area contributed by atoms with Crippen LogP contribution in [0.4, 0.5) is 0 Å². The van der Waals surface area contributed by atoms with Crippen LogP contribution in [-0.2, 0) is 16.0 Å². The molecule has 0 saturated carbocycles. The lowest BCUT2D eigenvalue weighted by molar-refractivity contribution is -0.158. The number of rotatable bonds is 6. The Bertz CT molecular complexity index is 727. The Labute approximate surface area is 156 Å². The van der Waals surface area contributed by atoms with Gasteiger partial charge in [0.1, 0.15) is 5.60 Å². The molecule has 2 aromatic carbocycles. The van der Waals surface area contributed by atoms with Gasteiger partial charge >= 0.3 is 5.97 Å². The highest BCUT2D eigenvalue weighted by atomic mass is 16.6. The van der Waals surface area contributed by atoms with E-state index < -0.39 is 17.6 Å². The van der Waals surface area contributed by atoms with Gasteiger partial charge in [-0.2, -0.15) is 0 Å². The molecule has 3 heteroatoms. The van der Waals surface area contributed by atoms with Crippen molar-refractivity contribution in [3.63, 3.8) is 0 Å². The molecular weight excluding hydrogens is 322 g/mol. The van der Waals surface area contributed by atoms with E-state index in [0.717, 1.165) is 12.0 Å². The number of aryl methyl sites for hydroxylation is 1. The van der Waals surface area contributed by atoms with Gasteiger partial charge in [0.05, 0.1) is 5.92 Å². The van der Waals surface area contributed by atoms with Crippen molar-refractivity contribution in [2.45, 2.75) is 45.8 Å². The van der Waals surface area contributed by atoms with Gasteiger partial charge in [-0.25, -0.2) is 0 Å². The molecule has 0 aliphatic heterocycles. The predicted octanol–water partition coefficient (Wildman–Crippen LogP) is 4.75. The fourth-order valence-electron chi connectivity index (χ4n) is 2.67. The largest absolute Gasteiger partial charge is 0.459 e. The Balaban J connectivity index is 2.17. The van der Waals surface area contributed by atoms with Crippen LogP contribution in [0.5, 0.6) is 0 Å². The lowest BCUT2D eigenvalue weighted by atomic mass is 9.92. The maximum absolute atomic E-state index is 12.7. The number of esters is 1. The molecule has 2 rings (SSSR count). The lowest BCUT2D eigenvalue weighted by Gasteiger charge is -2.26. The minimum absolute atomic E-state index is 0.297. The van der Waals surface area contributed by atoms with Crippen molar-refractivity contribution in [1.82, 2.24) is 0 Å². The van der Waals surface area contributed by atoms with Gasteiger partial charge in [-0.15, -0.1) is 0 Å². The van der Waals surface area contributed by atoms with E-state index in [1.807, 2.05) is 63.3 Å². The van der Waals surface area contributed by atoms with E-state index in [2.05, 4.69) is 31.2 Å². The van der Waals surface area contributed by atoms with E-state index in [1.165, 1.54) is 11.1 Å². The van der Waals surface area contributed by atoms with Crippen molar-refractivity contribution in [1.29, 1.82) is 0 Å². The predicted molar refractivity (Wildman–Crippen MR) is 107 cm³/mol. The van der Waals surface area contributed by atoms with Crippen LogP contribution in [0.25, 0.3) is 0 Å². The highest BCUT2D eigenvalue weighted by Gasteiger charge is 2.29. The first-order valence-electron chi connectivity index (χ1n) is 9.02. The Morgan fingerprint density at radius 1 is 1.08 bits per heavy atom. The van der Waals surface area contributed by atoms with Crippen LogP contribution in [0, 0.1) is 12.8 Å². The second-order valence-corrected chi connectivity index (χ2v) is 7.61. The van der Waals surface area contributed by atoms with Crippen LogP contribution < -0.4 is 5.73 Å². The summed E-state index contributed by atoms with van der Waals surface area (Å²) >= 11 is 0. The molecule has 0 spiro atoms. The summed E-state index contributed by atoms with van der Waals surface area (Å²) in [5, 5.41) is 0. The van der Waals surface area contributed by atoms with E-state index in [0.29, 0.717) is 0 Å². The van der Waals surface area contributed by atoms with Crippen molar-refractivity contribution >= 4 is 5.97 Å². The SMILES string of the molecule is Cc1ccc(CC=CC(C(=O)OC(C)(C)C)C(N)c2ccccc2)cc1. The maximum atomic E-state index is 12.7. The third kappa shape index (κ3) is 6.16. The molecule has 26 heavy (non-hydrogen) atoms. The Hall–Kier alpha value is -2.39. The zero-order chi connectivity index (χ0) is 19.2. The van der Waals surface area contributed by atoms with Crippen LogP contribution in [0.3, 0.4) is 0 Å². The summed E-state index contributed by atoms with van der Waals surface area (Å²) in [7, 11) is 0. The number of carbonyl (C=O) groups excluding carboxylic acids is 1. The first-order chi connectivity index (χ1) is 12.3. The monoisotopic (exact) mass is 351 g/mol. The van der Waals surface area contributed by atoms with Crippen LogP contribution in [-0.4, -0.2) is 11.6 Å². The highest BCUT2D eigenvalue weighted by molar-refractivity contribution is 5.76. The van der Waals surface area contributed by atoms with Gasteiger partial charge < -0.3 is 10.5 Å². The fraction of sp³-hybridized carbons (Fsp3) is 0.348. The van der Waals surface area contributed by atoms with Gasteiger partial charge in [0.2, 0.25) is 0 Å². The first kappa shape index (κ1) is 19.9. The van der Waals surface area contributed by atoms with Gasteiger partial charge in [-0.05, 0) is 45.2 Å². The molecule has 0 aliphatic rings. The second-order valence-electron chi connectivity index (χ2n) is 7.61. The van der Waals surface area contributed by atoms with Gasteiger partial charge in [0.15, 0.2) is 0 Å². The average Bonchev–Trinajstić information content (AvgIpc) is 2.59. The molecule has 138 valence electrons. The molecule has 3 nitrogen and oxygen atoms in total. The normalized spacial score (nSPS) is 14.2. The highest BCUT2D eigenvalue weighted by Crippen LogP contribution is 2.24. The smallest absolute Gasteiger partial charge is 0.315 e. The van der Waals surface area contributed by atoms with Gasteiger partial charge in [-0.1, -0.05) is 72.3 Å². The quantitative estimate of drug-likeness (QED) is 0.603. The average molecular weight is 351 g/mol. The van der Waals surface area contributed by atoms with E-state index in [4.69, 9.17) is 10.5 Å². The van der Waals surface area contributed by atoms with Crippen molar-refractivity contribution in [3.8, 4) is 0 Å². The van der Waals surface area contributed by atoms with Crippen molar-refractivity contribution < 1.29 is 9.53 Å². The number of hydrogen-bond acceptors (Lipinski definition) is 3. The lowest BCUT2D eigenvalue weighted by Crippen LogP contribution is -2.33. The second kappa shape index (κ2) is 8.81. The van der Waals surface area contributed by atoms with Gasteiger partial charge in [0, 0.05) is 6.04 Å². The summed E-state index contributed by atoms with van der Waals surface area (Å²) in [6.45, 7) is 7.67. The third-order valence-electron chi connectivity index (χ3n) is 4.07. The molecule has 2 aromatic rings. The molecule has 0 heterocycles. The van der Waals surface area contributed by atoms with E-state index in [9.17, 15) is 4.79 Å². The van der Waals surface area contributed by atoms with Crippen LogP contribution in [0.1, 0.15) is 43.5 Å². The molecular formula is C23H29NO2. The Kier molecular flexibility index (Phi) is 6.76.